The van der Waals surface area contributed by atoms with Crippen molar-refractivity contribution in [1.29, 1.82) is 5.26 Å². The maximum absolute atomic E-state index is 13.2. The van der Waals surface area contributed by atoms with E-state index >= 15 is 0 Å². The number of hydrogen-bond acceptors (Lipinski definition) is 5. The van der Waals surface area contributed by atoms with Gasteiger partial charge < -0.3 is 20.3 Å². The van der Waals surface area contributed by atoms with Crippen molar-refractivity contribution in [2.24, 2.45) is 21.7 Å². The van der Waals surface area contributed by atoms with E-state index in [-0.39, 0.29) is 38.6 Å². The van der Waals surface area contributed by atoms with Crippen molar-refractivity contribution in [2.75, 3.05) is 26.4 Å². The molecule has 0 radical (unpaired) electrons. The molecule has 0 heterocycles. The fraction of sp³-hybridized carbons (Fsp3) is 0.864. The van der Waals surface area contributed by atoms with Gasteiger partial charge in [-0.15, -0.1) is 0 Å². The number of rotatable bonds is 11. The van der Waals surface area contributed by atoms with Crippen LogP contribution < -0.4 is 5.32 Å². The second kappa shape index (κ2) is 12.1. The molecule has 0 bridgehead atoms. The first kappa shape index (κ1) is 29.6. The summed E-state index contributed by atoms with van der Waals surface area (Å²) in [5.41, 5.74) is -3.29. The Balaban J connectivity index is 0. The first-order valence-electron chi connectivity index (χ1n) is 10.3. The summed E-state index contributed by atoms with van der Waals surface area (Å²) < 4.78 is 5.19. The molecule has 0 aliphatic rings. The van der Waals surface area contributed by atoms with Crippen LogP contribution in [0.4, 0.5) is 0 Å². The van der Waals surface area contributed by atoms with Crippen LogP contribution in [0.3, 0.4) is 0 Å². The van der Waals surface area contributed by atoms with Gasteiger partial charge in [-0.3, -0.25) is 9.59 Å². The molecule has 7 heteroatoms. The van der Waals surface area contributed by atoms with Crippen LogP contribution in [-0.4, -0.2) is 48.5 Å². The number of nitrogens with zero attached hydrogens (tertiary/aromatic N) is 1. The fourth-order valence-electron chi connectivity index (χ4n) is 3.56. The van der Waals surface area contributed by atoms with Gasteiger partial charge in [0.1, 0.15) is 0 Å². The van der Waals surface area contributed by atoms with Crippen LogP contribution in [0.15, 0.2) is 0 Å². The fourth-order valence-corrected chi connectivity index (χ4v) is 3.56. The lowest BCUT2D eigenvalue weighted by molar-refractivity contribution is -0.158. The average Bonchev–Trinajstić information content (AvgIpc) is 2.65. The zero-order valence-corrected chi connectivity index (χ0v) is 19.8. The summed E-state index contributed by atoms with van der Waals surface area (Å²) >= 11 is 0. The molecular weight excluding hydrogens is 372 g/mol. The Hall–Kier alpha value is -1.65. The number of hydrogen-bond donors (Lipinski definition) is 3. The van der Waals surface area contributed by atoms with Gasteiger partial charge in [-0.1, -0.05) is 48.5 Å². The van der Waals surface area contributed by atoms with Gasteiger partial charge in [-0.2, -0.15) is 5.26 Å². The molecular formula is C22H42N2O5. The smallest absolute Gasteiger partial charge is 0.303 e. The highest BCUT2D eigenvalue weighted by Crippen LogP contribution is 2.60. The van der Waals surface area contributed by atoms with Gasteiger partial charge in [0.25, 0.3) is 0 Å². The van der Waals surface area contributed by atoms with Gasteiger partial charge in [0.2, 0.25) is 5.91 Å². The first-order valence-corrected chi connectivity index (χ1v) is 10.3. The molecule has 0 aromatic heterocycles. The van der Waals surface area contributed by atoms with Crippen molar-refractivity contribution in [1.82, 2.24) is 5.32 Å². The van der Waals surface area contributed by atoms with Crippen molar-refractivity contribution in [3.05, 3.63) is 0 Å². The van der Waals surface area contributed by atoms with Crippen molar-refractivity contribution in [3.63, 3.8) is 0 Å². The third-order valence-corrected chi connectivity index (χ3v) is 6.44. The summed E-state index contributed by atoms with van der Waals surface area (Å²) in [6.07, 6.45) is 0.0225. The number of carbonyl (C=O) groups excluding carboxylic acids is 1. The lowest BCUT2D eigenvalue weighted by atomic mass is 9.45. The molecule has 7 nitrogen and oxygen atoms in total. The van der Waals surface area contributed by atoms with E-state index in [9.17, 15) is 14.9 Å². The average molecular weight is 415 g/mol. The SMILES string of the molecule is CC.CC(C)(C)C(C)(C(=O)NCCOCCO)C(C)(C)C(C)(C#N)CCC(=O)O. The van der Waals surface area contributed by atoms with Crippen molar-refractivity contribution in [2.45, 2.75) is 75.2 Å². The standard InChI is InChI=1S/C20H36N2O5.C2H6/c1-17(2,3)20(7,16(26)22-10-12-27-13-11-23)18(4,5)19(6,14-21)9-8-15(24)25;1-2/h23H,8-13H2,1-7H3,(H,22,26)(H,24,25);1-2H3. The third-order valence-electron chi connectivity index (χ3n) is 6.44. The van der Waals surface area contributed by atoms with Gasteiger partial charge in [0, 0.05) is 13.0 Å². The lowest BCUT2D eigenvalue weighted by Gasteiger charge is -2.56. The number of aliphatic hydroxyl groups is 1. The van der Waals surface area contributed by atoms with Crippen LogP contribution in [-0.2, 0) is 14.3 Å². The van der Waals surface area contributed by atoms with E-state index in [0.29, 0.717) is 6.54 Å². The minimum atomic E-state index is -1.02. The molecule has 0 aromatic rings. The normalized spacial score (nSPS) is 15.8. The van der Waals surface area contributed by atoms with Crippen LogP contribution in [0.25, 0.3) is 0 Å². The molecule has 0 rings (SSSR count). The van der Waals surface area contributed by atoms with E-state index in [1.807, 2.05) is 55.4 Å². The molecule has 170 valence electrons. The molecule has 2 unspecified atom stereocenters. The third kappa shape index (κ3) is 6.97. The predicted octanol–water partition coefficient (Wildman–Crippen LogP) is 3.61. The van der Waals surface area contributed by atoms with Crippen LogP contribution in [0.1, 0.15) is 75.2 Å². The van der Waals surface area contributed by atoms with E-state index < -0.39 is 27.6 Å². The highest BCUT2D eigenvalue weighted by molar-refractivity contribution is 5.84. The number of carboxylic acids is 1. The molecule has 0 spiro atoms. The molecule has 0 aliphatic heterocycles. The number of nitrogens with one attached hydrogen (secondary N) is 1. The summed E-state index contributed by atoms with van der Waals surface area (Å²) in [6, 6.07) is 2.29. The highest BCUT2D eigenvalue weighted by Gasteiger charge is 2.61. The minimum absolute atomic E-state index is 0.0786. The summed E-state index contributed by atoms with van der Waals surface area (Å²) in [7, 11) is 0. The Morgan fingerprint density at radius 1 is 1.03 bits per heavy atom. The molecule has 0 saturated carbocycles. The monoisotopic (exact) mass is 414 g/mol. The molecule has 0 fully saturated rings. The summed E-state index contributed by atoms with van der Waals surface area (Å²) in [5, 5.41) is 30.6. The summed E-state index contributed by atoms with van der Waals surface area (Å²) in [4.78, 5) is 24.3. The zero-order chi connectivity index (χ0) is 23.5. The molecule has 0 saturated heterocycles. The zero-order valence-electron chi connectivity index (χ0n) is 19.8. The quantitative estimate of drug-likeness (QED) is 0.444. The van der Waals surface area contributed by atoms with Gasteiger partial charge in [-0.25, -0.2) is 0 Å². The molecule has 0 aromatic carbocycles. The number of amides is 1. The van der Waals surface area contributed by atoms with Crippen molar-refractivity contribution in [3.8, 4) is 6.07 Å². The molecule has 1 amide bonds. The van der Waals surface area contributed by atoms with Gasteiger partial charge in [0.15, 0.2) is 0 Å². The summed E-state index contributed by atoms with van der Waals surface area (Å²) in [6.45, 7) is 17.9. The Morgan fingerprint density at radius 2 is 1.55 bits per heavy atom. The van der Waals surface area contributed by atoms with Crippen molar-refractivity contribution < 1.29 is 24.5 Å². The topological polar surface area (TPSA) is 120 Å². The van der Waals surface area contributed by atoms with E-state index in [2.05, 4.69) is 11.4 Å². The molecule has 2 atom stereocenters. The first-order chi connectivity index (χ1) is 13.2. The summed E-state index contributed by atoms with van der Waals surface area (Å²) in [5.74, 6) is -1.17. The Labute approximate surface area is 176 Å². The van der Waals surface area contributed by atoms with Gasteiger partial charge in [-0.05, 0) is 31.1 Å². The maximum atomic E-state index is 13.2. The number of aliphatic carboxylic acids is 1. The number of nitriles is 1. The van der Waals surface area contributed by atoms with Crippen LogP contribution in [0, 0.1) is 33.0 Å². The van der Waals surface area contributed by atoms with Crippen LogP contribution in [0.5, 0.6) is 0 Å². The maximum Gasteiger partial charge on any atom is 0.303 e. The van der Waals surface area contributed by atoms with E-state index in [0.717, 1.165) is 0 Å². The Bertz CT molecular complexity index is 563. The number of carboxylic acid groups (broad SMARTS) is 1. The van der Waals surface area contributed by atoms with Gasteiger partial charge >= 0.3 is 5.97 Å². The number of ether oxygens (including phenoxy) is 1. The number of aliphatic hydroxyl groups excluding tert-OH is 1. The minimum Gasteiger partial charge on any atom is -0.481 e. The molecule has 0 aliphatic carbocycles. The lowest BCUT2D eigenvalue weighted by Crippen LogP contribution is -2.60. The highest BCUT2D eigenvalue weighted by atomic mass is 16.5. The number of carbonyl (C=O) groups is 2. The van der Waals surface area contributed by atoms with Gasteiger partial charge in [0.05, 0.1) is 36.7 Å². The van der Waals surface area contributed by atoms with E-state index in [1.54, 1.807) is 6.92 Å². The molecule has 29 heavy (non-hydrogen) atoms. The largest absolute Gasteiger partial charge is 0.481 e. The van der Waals surface area contributed by atoms with E-state index in [1.165, 1.54) is 0 Å². The van der Waals surface area contributed by atoms with Crippen LogP contribution in [0.2, 0.25) is 0 Å². The Kier molecular flexibility index (Phi) is 12.4. The second-order valence-electron chi connectivity index (χ2n) is 8.93. The second-order valence-corrected chi connectivity index (χ2v) is 8.93. The predicted molar refractivity (Wildman–Crippen MR) is 114 cm³/mol. The van der Waals surface area contributed by atoms with Crippen LogP contribution >= 0.6 is 0 Å². The van der Waals surface area contributed by atoms with E-state index in [4.69, 9.17) is 14.9 Å². The molecule has 3 N–H and O–H groups in total. The Morgan fingerprint density at radius 3 is 1.93 bits per heavy atom. The van der Waals surface area contributed by atoms with Crippen molar-refractivity contribution >= 4 is 11.9 Å².